The van der Waals surface area contributed by atoms with Crippen molar-refractivity contribution in [3.8, 4) is 0 Å². The number of rotatable bonds is 3. The lowest BCUT2D eigenvalue weighted by molar-refractivity contribution is 1.02. The van der Waals surface area contributed by atoms with Gasteiger partial charge >= 0.3 is 0 Å². The standard InChI is InChI=1S/C9H9ClN6/c1-6-11-4-7(13-6)5-12-15-9-3-2-8(10)14-16-9/h2-5H,1H3,(H,11,13)(H,15,16). The predicted octanol–water partition coefficient (Wildman–Crippen LogP) is 1.61. The van der Waals surface area contributed by atoms with Crippen molar-refractivity contribution in [2.75, 3.05) is 5.43 Å². The number of hydrogen-bond donors (Lipinski definition) is 2. The summed E-state index contributed by atoms with van der Waals surface area (Å²) in [6.45, 7) is 1.87. The Bertz CT molecular complexity index is 489. The van der Waals surface area contributed by atoms with Gasteiger partial charge in [-0.2, -0.15) is 5.10 Å². The van der Waals surface area contributed by atoms with Gasteiger partial charge in [0.25, 0.3) is 0 Å². The van der Waals surface area contributed by atoms with Gasteiger partial charge in [0.2, 0.25) is 0 Å². The van der Waals surface area contributed by atoms with E-state index in [1.54, 1.807) is 24.5 Å². The predicted molar refractivity (Wildman–Crippen MR) is 61.6 cm³/mol. The van der Waals surface area contributed by atoms with Gasteiger partial charge in [-0.3, -0.25) is 5.43 Å². The van der Waals surface area contributed by atoms with Crippen LogP contribution in [0.4, 0.5) is 5.82 Å². The molecule has 0 aliphatic carbocycles. The van der Waals surface area contributed by atoms with E-state index in [0.717, 1.165) is 11.5 Å². The van der Waals surface area contributed by atoms with Crippen LogP contribution in [0, 0.1) is 6.92 Å². The number of imidazole rings is 1. The molecule has 0 bridgehead atoms. The Morgan fingerprint density at radius 1 is 1.44 bits per heavy atom. The summed E-state index contributed by atoms with van der Waals surface area (Å²) in [5, 5.41) is 11.8. The Balaban J connectivity index is 1.97. The van der Waals surface area contributed by atoms with E-state index in [9.17, 15) is 0 Å². The van der Waals surface area contributed by atoms with Gasteiger partial charge in [-0.1, -0.05) is 11.6 Å². The maximum atomic E-state index is 5.59. The van der Waals surface area contributed by atoms with Crippen molar-refractivity contribution in [3.05, 3.63) is 35.0 Å². The number of nitrogens with one attached hydrogen (secondary N) is 2. The van der Waals surface area contributed by atoms with Crippen molar-refractivity contribution in [1.82, 2.24) is 20.2 Å². The van der Waals surface area contributed by atoms with Gasteiger partial charge < -0.3 is 4.98 Å². The normalized spacial score (nSPS) is 10.9. The summed E-state index contributed by atoms with van der Waals surface area (Å²) in [7, 11) is 0. The van der Waals surface area contributed by atoms with Crippen molar-refractivity contribution in [3.63, 3.8) is 0 Å². The molecular weight excluding hydrogens is 228 g/mol. The quantitative estimate of drug-likeness (QED) is 0.627. The molecule has 16 heavy (non-hydrogen) atoms. The number of aromatic amines is 1. The lowest BCUT2D eigenvalue weighted by atomic mass is 10.5. The first-order chi connectivity index (χ1) is 7.74. The summed E-state index contributed by atoms with van der Waals surface area (Å²) in [6.07, 6.45) is 3.30. The fraction of sp³-hybridized carbons (Fsp3) is 0.111. The summed E-state index contributed by atoms with van der Waals surface area (Å²) < 4.78 is 0. The molecule has 0 spiro atoms. The SMILES string of the molecule is Cc1ncc(C=NNc2ccc(Cl)nn2)[nH]1. The highest BCUT2D eigenvalue weighted by molar-refractivity contribution is 6.29. The van der Waals surface area contributed by atoms with Gasteiger partial charge in [0.05, 0.1) is 18.1 Å². The monoisotopic (exact) mass is 236 g/mol. The van der Waals surface area contributed by atoms with Crippen LogP contribution in [-0.2, 0) is 0 Å². The average Bonchev–Trinajstić information content (AvgIpc) is 2.67. The van der Waals surface area contributed by atoms with Crippen LogP contribution < -0.4 is 5.43 Å². The smallest absolute Gasteiger partial charge is 0.168 e. The molecule has 0 fully saturated rings. The fourth-order valence-corrected chi connectivity index (χ4v) is 1.15. The molecular formula is C9H9ClN6. The Kier molecular flexibility index (Phi) is 3.11. The van der Waals surface area contributed by atoms with Crippen LogP contribution in [0.15, 0.2) is 23.4 Å². The minimum absolute atomic E-state index is 0.346. The van der Waals surface area contributed by atoms with E-state index in [1.165, 1.54) is 0 Å². The molecule has 0 unspecified atom stereocenters. The molecule has 82 valence electrons. The molecule has 2 aromatic rings. The van der Waals surface area contributed by atoms with Gasteiger partial charge in [-0.15, -0.1) is 10.2 Å². The molecule has 2 N–H and O–H groups in total. The van der Waals surface area contributed by atoms with E-state index in [-0.39, 0.29) is 0 Å². The van der Waals surface area contributed by atoms with Crippen molar-refractivity contribution in [2.45, 2.75) is 6.92 Å². The van der Waals surface area contributed by atoms with E-state index in [4.69, 9.17) is 11.6 Å². The molecule has 6 nitrogen and oxygen atoms in total. The Labute approximate surface area is 96.8 Å². The van der Waals surface area contributed by atoms with Crippen LogP contribution in [0.5, 0.6) is 0 Å². The summed E-state index contributed by atoms with van der Waals surface area (Å²) >= 11 is 5.59. The van der Waals surface area contributed by atoms with Crippen molar-refractivity contribution in [1.29, 1.82) is 0 Å². The summed E-state index contributed by atoms with van der Waals surface area (Å²) in [4.78, 5) is 7.05. The molecule has 0 aromatic carbocycles. The zero-order valence-corrected chi connectivity index (χ0v) is 9.23. The third kappa shape index (κ3) is 2.77. The van der Waals surface area contributed by atoms with E-state index in [1.807, 2.05) is 6.92 Å². The zero-order chi connectivity index (χ0) is 11.4. The summed E-state index contributed by atoms with van der Waals surface area (Å²) in [5.41, 5.74) is 3.53. The maximum Gasteiger partial charge on any atom is 0.168 e. The summed E-state index contributed by atoms with van der Waals surface area (Å²) in [5.74, 6) is 1.37. The number of hydrazone groups is 1. The highest BCUT2D eigenvalue weighted by Crippen LogP contribution is 2.05. The summed E-state index contributed by atoms with van der Waals surface area (Å²) in [6, 6.07) is 3.32. The third-order valence-corrected chi connectivity index (χ3v) is 1.94. The Morgan fingerprint density at radius 2 is 2.31 bits per heavy atom. The van der Waals surface area contributed by atoms with Gasteiger partial charge in [-0.25, -0.2) is 4.98 Å². The van der Waals surface area contributed by atoms with E-state index >= 15 is 0 Å². The molecule has 0 atom stereocenters. The van der Waals surface area contributed by atoms with Crippen molar-refractivity contribution in [2.24, 2.45) is 5.10 Å². The molecule has 0 aliphatic rings. The van der Waals surface area contributed by atoms with E-state index < -0.39 is 0 Å². The number of anilines is 1. The van der Waals surface area contributed by atoms with Gasteiger partial charge in [0.15, 0.2) is 11.0 Å². The van der Waals surface area contributed by atoms with Crippen LogP contribution in [-0.4, -0.2) is 26.4 Å². The molecule has 0 saturated carbocycles. The number of aryl methyl sites for hydroxylation is 1. The number of halogens is 1. The topological polar surface area (TPSA) is 78.8 Å². The maximum absolute atomic E-state index is 5.59. The lowest BCUT2D eigenvalue weighted by Gasteiger charge is -1.96. The average molecular weight is 237 g/mol. The van der Waals surface area contributed by atoms with Crippen molar-refractivity contribution < 1.29 is 0 Å². The highest BCUT2D eigenvalue weighted by atomic mass is 35.5. The van der Waals surface area contributed by atoms with Crippen LogP contribution in [0.25, 0.3) is 0 Å². The van der Waals surface area contributed by atoms with Gasteiger partial charge in [0, 0.05) is 0 Å². The first-order valence-corrected chi connectivity index (χ1v) is 4.92. The second-order valence-corrected chi connectivity index (χ2v) is 3.42. The van der Waals surface area contributed by atoms with Crippen LogP contribution in [0.1, 0.15) is 11.5 Å². The number of hydrogen-bond acceptors (Lipinski definition) is 5. The van der Waals surface area contributed by atoms with Crippen molar-refractivity contribution >= 4 is 23.6 Å². The van der Waals surface area contributed by atoms with Crippen LogP contribution in [0.2, 0.25) is 5.15 Å². The molecule has 2 rings (SSSR count). The molecule has 2 heterocycles. The number of aromatic nitrogens is 4. The molecule has 7 heteroatoms. The first kappa shape index (κ1) is 10.6. The van der Waals surface area contributed by atoms with Gasteiger partial charge in [-0.05, 0) is 19.1 Å². The minimum atomic E-state index is 0.346. The molecule has 0 radical (unpaired) electrons. The Hall–Kier alpha value is -1.95. The van der Waals surface area contributed by atoms with E-state index in [0.29, 0.717) is 11.0 Å². The van der Waals surface area contributed by atoms with Crippen LogP contribution >= 0.6 is 11.6 Å². The molecule has 0 saturated heterocycles. The lowest BCUT2D eigenvalue weighted by Crippen LogP contribution is -1.95. The second-order valence-electron chi connectivity index (χ2n) is 3.04. The highest BCUT2D eigenvalue weighted by Gasteiger charge is 1.93. The third-order valence-electron chi connectivity index (χ3n) is 1.74. The molecule has 0 amide bonds. The fourth-order valence-electron chi connectivity index (χ4n) is 1.05. The largest absolute Gasteiger partial charge is 0.341 e. The van der Waals surface area contributed by atoms with Gasteiger partial charge in [0.1, 0.15) is 5.82 Å². The Morgan fingerprint density at radius 3 is 2.94 bits per heavy atom. The molecule has 2 aromatic heterocycles. The number of nitrogens with zero attached hydrogens (tertiary/aromatic N) is 4. The minimum Gasteiger partial charge on any atom is -0.341 e. The van der Waals surface area contributed by atoms with E-state index in [2.05, 4.69) is 30.7 Å². The zero-order valence-electron chi connectivity index (χ0n) is 8.48. The number of H-pyrrole nitrogens is 1. The second kappa shape index (κ2) is 4.71. The first-order valence-electron chi connectivity index (χ1n) is 4.54. The van der Waals surface area contributed by atoms with Crippen LogP contribution in [0.3, 0.4) is 0 Å². The molecule has 0 aliphatic heterocycles.